The first kappa shape index (κ1) is 22.9. The van der Waals surface area contributed by atoms with Crippen LogP contribution in [0.15, 0.2) is 0 Å². The molecular weight excluding hydrogens is 284 g/mol. The van der Waals surface area contributed by atoms with Crippen LogP contribution in [0.3, 0.4) is 0 Å². The minimum absolute atomic E-state index is 0.302. The molecule has 0 aromatic heterocycles. The van der Waals surface area contributed by atoms with Crippen LogP contribution in [0.4, 0.5) is 0 Å². The van der Waals surface area contributed by atoms with E-state index in [2.05, 4.69) is 13.8 Å². The first-order chi connectivity index (χ1) is 11.2. The summed E-state index contributed by atoms with van der Waals surface area (Å²) in [5.74, 6) is 0. The second kappa shape index (κ2) is 18.3. The molecule has 23 heavy (non-hydrogen) atoms. The third-order valence-electron chi connectivity index (χ3n) is 4.81. The van der Waals surface area contributed by atoms with Crippen molar-refractivity contribution < 1.29 is 10.2 Å². The van der Waals surface area contributed by atoms with Gasteiger partial charge in [0.25, 0.3) is 0 Å². The highest BCUT2D eigenvalue weighted by molar-refractivity contribution is 4.63. The molecule has 0 aromatic carbocycles. The number of hydrogen-bond acceptors (Lipinski definition) is 2. The molecule has 0 saturated carbocycles. The Morgan fingerprint density at radius 3 is 1.30 bits per heavy atom. The van der Waals surface area contributed by atoms with Crippen molar-refractivity contribution in [3.63, 3.8) is 0 Å². The molecule has 0 bridgehead atoms. The number of rotatable bonds is 18. The SMILES string of the molecule is CCCCCCCCCCCCCCC[C@H](O)C[C@H](O)CCC. The van der Waals surface area contributed by atoms with Gasteiger partial charge in [-0.05, 0) is 19.3 Å². The molecule has 2 atom stereocenters. The monoisotopic (exact) mass is 328 g/mol. The molecule has 2 N–H and O–H groups in total. The van der Waals surface area contributed by atoms with Gasteiger partial charge in [0, 0.05) is 0 Å². The van der Waals surface area contributed by atoms with Crippen LogP contribution in [0.25, 0.3) is 0 Å². The summed E-state index contributed by atoms with van der Waals surface area (Å²) < 4.78 is 0. The molecule has 0 saturated heterocycles. The Morgan fingerprint density at radius 2 is 0.870 bits per heavy atom. The Labute approximate surface area is 146 Å². The van der Waals surface area contributed by atoms with E-state index in [1.807, 2.05) is 0 Å². The summed E-state index contributed by atoms with van der Waals surface area (Å²) in [4.78, 5) is 0. The Balaban J connectivity index is 3.15. The van der Waals surface area contributed by atoms with Gasteiger partial charge >= 0.3 is 0 Å². The Bertz CT molecular complexity index is 218. The van der Waals surface area contributed by atoms with E-state index in [0.717, 1.165) is 25.7 Å². The summed E-state index contributed by atoms with van der Waals surface area (Å²) >= 11 is 0. The third kappa shape index (κ3) is 18.1. The summed E-state index contributed by atoms with van der Waals surface area (Å²) in [6.45, 7) is 4.35. The molecule has 140 valence electrons. The van der Waals surface area contributed by atoms with E-state index in [4.69, 9.17) is 0 Å². The molecule has 0 fully saturated rings. The van der Waals surface area contributed by atoms with E-state index < -0.39 is 0 Å². The van der Waals surface area contributed by atoms with Crippen LogP contribution in [-0.4, -0.2) is 22.4 Å². The van der Waals surface area contributed by atoms with Crippen molar-refractivity contribution in [2.75, 3.05) is 0 Å². The minimum Gasteiger partial charge on any atom is -0.393 e. The average Bonchev–Trinajstić information content (AvgIpc) is 2.52. The first-order valence-corrected chi connectivity index (χ1v) is 10.6. The second-order valence-electron chi connectivity index (χ2n) is 7.36. The van der Waals surface area contributed by atoms with Gasteiger partial charge in [-0.25, -0.2) is 0 Å². The molecule has 0 amide bonds. The topological polar surface area (TPSA) is 40.5 Å². The van der Waals surface area contributed by atoms with Gasteiger partial charge in [-0.2, -0.15) is 0 Å². The van der Waals surface area contributed by atoms with Gasteiger partial charge < -0.3 is 10.2 Å². The van der Waals surface area contributed by atoms with E-state index >= 15 is 0 Å². The Hall–Kier alpha value is -0.0800. The van der Waals surface area contributed by atoms with E-state index in [1.54, 1.807) is 0 Å². The lowest BCUT2D eigenvalue weighted by Crippen LogP contribution is -2.17. The molecule has 2 heteroatoms. The highest BCUT2D eigenvalue weighted by atomic mass is 16.3. The average molecular weight is 329 g/mol. The molecule has 0 rings (SSSR count). The molecule has 0 radical (unpaired) electrons. The Morgan fingerprint density at radius 1 is 0.478 bits per heavy atom. The van der Waals surface area contributed by atoms with Gasteiger partial charge in [-0.15, -0.1) is 0 Å². The van der Waals surface area contributed by atoms with Crippen molar-refractivity contribution in [2.45, 2.75) is 135 Å². The second-order valence-corrected chi connectivity index (χ2v) is 7.36. The fourth-order valence-corrected chi connectivity index (χ4v) is 3.28. The van der Waals surface area contributed by atoms with Crippen LogP contribution in [-0.2, 0) is 0 Å². The maximum atomic E-state index is 9.86. The standard InChI is InChI=1S/C21H44O2/c1-3-5-6-7-8-9-10-11-12-13-14-15-16-18-21(23)19-20(22)17-4-2/h20-23H,3-19H2,1-2H3/t20-,21+/m1/s1. The van der Waals surface area contributed by atoms with Crippen molar-refractivity contribution in [1.82, 2.24) is 0 Å². The van der Waals surface area contributed by atoms with Gasteiger partial charge in [0.2, 0.25) is 0 Å². The van der Waals surface area contributed by atoms with E-state index in [9.17, 15) is 10.2 Å². The summed E-state index contributed by atoms with van der Waals surface area (Å²) in [6, 6.07) is 0. The summed E-state index contributed by atoms with van der Waals surface area (Å²) in [5, 5.41) is 19.5. The number of hydrogen-bond donors (Lipinski definition) is 2. The van der Waals surface area contributed by atoms with Crippen LogP contribution in [0.2, 0.25) is 0 Å². The molecule has 0 aliphatic rings. The lowest BCUT2D eigenvalue weighted by Gasteiger charge is -2.14. The lowest BCUT2D eigenvalue weighted by atomic mass is 10.0. The predicted octanol–water partition coefficient (Wildman–Crippen LogP) is 6.38. The zero-order chi connectivity index (χ0) is 17.2. The summed E-state index contributed by atoms with van der Waals surface area (Å²) in [5.41, 5.74) is 0. The van der Waals surface area contributed by atoms with Gasteiger partial charge in [0.05, 0.1) is 12.2 Å². The lowest BCUT2D eigenvalue weighted by molar-refractivity contribution is 0.0692. The summed E-state index contributed by atoms with van der Waals surface area (Å²) in [6.07, 6.45) is 20.3. The van der Waals surface area contributed by atoms with Crippen LogP contribution >= 0.6 is 0 Å². The van der Waals surface area contributed by atoms with E-state index in [0.29, 0.717) is 6.42 Å². The fraction of sp³-hybridized carbons (Fsp3) is 1.00. The molecule has 0 aliphatic carbocycles. The van der Waals surface area contributed by atoms with E-state index in [-0.39, 0.29) is 12.2 Å². The largest absolute Gasteiger partial charge is 0.393 e. The van der Waals surface area contributed by atoms with Crippen LogP contribution in [0, 0.1) is 0 Å². The fourth-order valence-electron chi connectivity index (χ4n) is 3.28. The van der Waals surface area contributed by atoms with Crippen molar-refractivity contribution in [3.05, 3.63) is 0 Å². The van der Waals surface area contributed by atoms with Crippen molar-refractivity contribution in [2.24, 2.45) is 0 Å². The van der Waals surface area contributed by atoms with E-state index in [1.165, 1.54) is 77.0 Å². The molecule has 0 aromatic rings. The smallest absolute Gasteiger partial charge is 0.0564 e. The third-order valence-corrected chi connectivity index (χ3v) is 4.81. The van der Waals surface area contributed by atoms with Crippen molar-refractivity contribution in [3.8, 4) is 0 Å². The minimum atomic E-state index is -0.308. The molecule has 2 nitrogen and oxygen atoms in total. The van der Waals surface area contributed by atoms with Crippen molar-refractivity contribution >= 4 is 0 Å². The zero-order valence-corrected chi connectivity index (χ0v) is 16.1. The maximum Gasteiger partial charge on any atom is 0.0564 e. The molecular formula is C21H44O2. The zero-order valence-electron chi connectivity index (χ0n) is 16.1. The predicted molar refractivity (Wildman–Crippen MR) is 102 cm³/mol. The highest BCUT2D eigenvalue weighted by Gasteiger charge is 2.10. The quantitative estimate of drug-likeness (QED) is 0.287. The first-order valence-electron chi connectivity index (χ1n) is 10.6. The summed E-state index contributed by atoms with van der Waals surface area (Å²) in [7, 11) is 0. The highest BCUT2D eigenvalue weighted by Crippen LogP contribution is 2.15. The van der Waals surface area contributed by atoms with Crippen LogP contribution < -0.4 is 0 Å². The molecule has 0 aliphatic heterocycles. The normalized spacial score (nSPS) is 14.1. The van der Waals surface area contributed by atoms with Gasteiger partial charge in [-0.1, -0.05) is 104 Å². The van der Waals surface area contributed by atoms with Crippen LogP contribution in [0.5, 0.6) is 0 Å². The number of aliphatic hydroxyl groups is 2. The van der Waals surface area contributed by atoms with Crippen molar-refractivity contribution in [1.29, 1.82) is 0 Å². The molecule has 0 unspecified atom stereocenters. The maximum absolute atomic E-state index is 9.86. The van der Waals surface area contributed by atoms with Gasteiger partial charge in [0.1, 0.15) is 0 Å². The Kier molecular flexibility index (Phi) is 18.2. The van der Waals surface area contributed by atoms with Gasteiger partial charge in [-0.3, -0.25) is 0 Å². The number of aliphatic hydroxyl groups excluding tert-OH is 2. The van der Waals surface area contributed by atoms with Gasteiger partial charge in [0.15, 0.2) is 0 Å². The molecule has 0 heterocycles. The van der Waals surface area contributed by atoms with Crippen LogP contribution in [0.1, 0.15) is 123 Å². The molecule has 0 spiro atoms. The number of unbranched alkanes of at least 4 members (excludes halogenated alkanes) is 12.